The van der Waals surface area contributed by atoms with E-state index in [4.69, 9.17) is 15.2 Å². The van der Waals surface area contributed by atoms with Gasteiger partial charge in [0.15, 0.2) is 5.65 Å². The first kappa shape index (κ1) is 23.3. The molecule has 6 rings (SSSR count). The van der Waals surface area contributed by atoms with Crippen molar-refractivity contribution in [1.29, 1.82) is 0 Å². The highest BCUT2D eigenvalue weighted by molar-refractivity contribution is 6.01. The van der Waals surface area contributed by atoms with Gasteiger partial charge in [0.05, 0.1) is 18.3 Å². The zero-order valence-electron chi connectivity index (χ0n) is 20.6. The van der Waals surface area contributed by atoms with Gasteiger partial charge in [-0.1, -0.05) is 42.5 Å². The van der Waals surface area contributed by atoms with E-state index in [-0.39, 0.29) is 0 Å². The van der Waals surface area contributed by atoms with Crippen LogP contribution in [-0.2, 0) is 13.2 Å². The van der Waals surface area contributed by atoms with E-state index >= 15 is 0 Å². The Bertz CT molecular complexity index is 1640. The molecule has 6 aromatic rings. The van der Waals surface area contributed by atoms with Crippen molar-refractivity contribution >= 4 is 16.9 Å². The largest absolute Gasteiger partial charge is 0.492 e. The number of hydrogen-bond acceptors (Lipinski definition) is 6. The lowest BCUT2D eigenvalue weighted by Crippen LogP contribution is -2.06. The maximum absolute atomic E-state index is 6.36. The van der Waals surface area contributed by atoms with Crippen LogP contribution in [0.5, 0.6) is 11.5 Å². The van der Waals surface area contributed by atoms with E-state index in [1.165, 1.54) is 6.33 Å². The molecule has 3 aromatic carbocycles. The van der Waals surface area contributed by atoms with Crippen molar-refractivity contribution in [3.63, 3.8) is 0 Å². The summed E-state index contributed by atoms with van der Waals surface area (Å²) in [4.78, 5) is 12.9. The molecule has 188 valence electrons. The zero-order valence-corrected chi connectivity index (χ0v) is 20.6. The van der Waals surface area contributed by atoms with Crippen molar-refractivity contribution in [3.8, 4) is 28.3 Å². The fourth-order valence-corrected chi connectivity index (χ4v) is 4.39. The van der Waals surface area contributed by atoms with Crippen LogP contribution >= 0.6 is 0 Å². The van der Waals surface area contributed by atoms with Crippen molar-refractivity contribution in [2.45, 2.75) is 13.2 Å². The Morgan fingerprint density at radius 2 is 1.71 bits per heavy atom. The van der Waals surface area contributed by atoms with E-state index in [1.807, 2.05) is 100 Å². The van der Waals surface area contributed by atoms with Crippen molar-refractivity contribution < 1.29 is 9.47 Å². The second-order valence-electron chi connectivity index (χ2n) is 8.82. The minimum Gasteiger partial charge on any atom is -0.492 e. The maximum Gasteiger partial charge on any atom is 0.150 e. The summed E-state index contributed by atoms with van der Waals surface area (Å²) < 4.78 is 16.0. The smallest absolute Gasteiger partial charge is 0.150 e. The van der Waals surface area contributed by atoms with Gasteiger partial charge in [-0.3, -0.25) is 0 Å². The Labute approximate surface area is 220 Å². The van der Waals surface area contributed by atoms with Crippen LogP contribution in [0, 0.1) is 0 Å². The molecule has 0 radical (unpaired) electrons. The molecule has 38 heavy (non-hydrogen) atoms. The second-order valence-corrected chi connectivity index (χ2v) is 8.82. The average molecular weight is 503 g/mol. The molecule has 0 aliphatic heterocycles. The van der Waals surface area contributed by atoms with Crippen LogP contribution in [0.4, 0.5) is 5.82 Å². The molecule has 0 saturated carbocycles. The molecule has 3 aromatic heterocycles. The molecule has 0 saturated heterocycles. The number of ether oxygens (including phenoxy) is 2. The lowest BCUT2D eigenvalue weighted by Gasteiger charge is -2.09. The molecule has 3 heterocycles. The minimum atomic E-state index is 0.429. The van der Waals surface area contributed by atoms with E-state index in [2.05, 4.69) is 15.0 Å². The average Bonchev–Trinajstić information content (AvgIpc) is 3.62. The normalized spacial score (nSPS) is 11.1. The number of aromatic nitrogens is 5. The van der Waals surface area contributed by atoms with Crippen LogP contribution < -0.4 is 15.2 Å². The number of hydrogen-bond donors (Lipinski definition) is 1. The van der Waals surface area contributed by atoms with Crippen molar-refractivity contribution in [2.24, 2.45) is 0 Å². The zero-order chi connectivity index (χ0) is 25.7. The number of nitrogens with zero attached hydrogens (tertiary/aromatic N) is 5. The summed E-state index contributed by atoms with van der Waals surface area (Å²) in [7, 11) is 0. The minimum absolute atomic E-state index is 0.429. The SMILES string of the molecule is Nc1ncnc2c1c(-c1cccc(OCc3ccccc3)c1)cn2-c1ccc(OCCn2ccnc2)cc1. The third-order valence-electron chi connectivity index (χ3n) is 6.30. The summed E-state index contributed by atoms with van der Waals surface area (Å²) in [5.74, 6) is 2.00. The van der Waals surface area contributed by atoms with Crippen LogP contribution in [0.2, 0.25) is 0 Å². The Hall–Kier alpha value is -5.11. The molecule has 0 atom stereocenters. The number of fused-ring (bicyclic) bond motifs is 1. The Balaban J connectivity index is 1.27. The first-order valence-corrected chi connectivity index (χ1v) is 12.3. The molecule has 0 bridgehead atoms. The van der Waals surface area contributed by atoms with E-state index in [0.29, 0.717) is 19.0 Å². The number of rotatable bonds is 9. The molecular formula is C30H26N6O2. The van der Waals surface area contributed by atoms with Gasteiger partial charge in [-0.05, 0) is 47.5 Å². The van der Waals surface area contributed by atoms with E-state index in [9.17, 15) is 0 Å². The van der Waals surface area contributed by atoms with Gasteiger partial charge < -0.3 is 24.3 Å². The number of anilines is 1. The molecule has 0 fully saturated rings. The lowest BCUT2D eigenvalue weighted by molar-refractivity contribution is 0.298. The highest BCUT2D eigenvalue weighted by Crippen LogP contribution is 2.36. The first-order chi connectivity index (χ1) is 18.7. The van der Waals surface area contributed by atoms with Gasteiger partial charge in [-0.2, -0.15) is 0 Å². The van der Waals surface area contributed by atoms with Crippen LogP contribution in [0.3, 0.4) is 0 Å². The lowest BCUT2D eigenvalue weighted by atomic mass is 10.1. The maximum atomic E-state index is 6.36. The number of benzene rings is 3. The molecule has 8 heteroatoms. The predicted octanol–water partition coefficient (Wildman–Crippen LogP) is 5.52. The first-order valence-electron chi connectivity index (χ1n) is 12.3. The van der Waals surface area contributed by atoms with Crippen LogP contribution in [-0.4, -0.2) is 30.7 Å². The Morgan fingerprint density at radius 1 is 0.842 bits per heavy atom. The summed E-state index contributed by atoms with van der Waals surface area (Å²) in [6.07, 6.45) is 8.99. The number of nitrogens with two attached hydrogens (primary N) is 1. The Kier molecular flexibility index (Phi) is 6.42. The van der Waals surface area contributed by atoms with Gasteiger partial charge in [0.2, 0.25) is 0 Å². The van der Waals surface area contributed by atoms with Crippen molar-refractivity contribution in [1.82, 2.24) is 24.1 Å². The third-order valence-corrected chi connectivity index (χ3v) is 6.30. The fourth-order valence-electron chi connectivity index (χ4n) is 4.39. The van der Waals surface area contributed by atoms with Crippen molar-refractivity contribution in [2.75, 3.05) is 12.3 Å². The molecule has 0 unspecified atom stereocenters. The molecule has 0 aliphatic rings. The Morgan fingerprint density at radius 3 is 2.53 bits per heavy atom. The molecule has 2 N–H and O–H groups in total. The number of nitrogen functional groups attached to an aromatic ring is 1. The van der Waals surface area contributed by atoms with Gasteiger partial charge in [0.1, 0.15) is 36.9 Å². The van der Waals surface area contributed by atoms with E-state index in [1.54, 1.807) is 12.5 Å². The topological polar surface area (TPSA) is 93.0 Å². The van der Waals surface area contributed by atoms with Crippen molar-refractivity contribution in [3.05, 3.63) is 116 Å². The van der Waals surface area contributed by atoms with Gasteiger partial charge in [0.25, 0.3) is 0 Å². The summed E-state index contributed by atoms with van der Waals surface area (Å²) >= 11 is 0. The quantitative estimate of drug-likeness (QED) is 0.280. The predicted molar refractivity (Wildman–Crippen MR) is 147 cm³/mol. The van der Waals surface area contributed by atoms with Crippen LogP contribution in [0.1, 0.15) is 5.56 Å². The molecule has 8 nitrogen and oxygen atoms in total. The molecule has 0 spiro atoms. The molecule has 0 aliphatic carbocycles. The van der Waals surface area contributed by atoms with Crippen LogP contribution in [0.15, 0.2) is 110 Å². The summed E-state index contributed by atoms with van der Waals surface area (Å²) in [6, 6.07) is 26.0. The third kappa shape index (κ3) is 4.92. The highest BCUT2D eigenvalue weighted by atomic mass is 16.5. The van der Waals surface area contributed by atoms with E-state index in [0.717, 1.165) is 51.5 Å². The molecular weight excluding hydrogens is 476 g/mol. The standard InChI is InChI=1S/C30H26N6O2/c31-29-28-27(23-7-4-8-26(17-23)38-19-22-5-2-1-3-6-22)18-36(30(28)34-20-33-29)24-9-11-25(12-10-24)37-16-15-35-14-13-32-21-35/h1-14,17-18,20-21H,15-16,19H2,(H2,31,33,34). The van der Waals surface area contributed by atoms with E-state index < -0.39 is 0 Å². The summed E-state index contributed by atoms with van der Waals surface area (Å²) in [5, 5.41) is 0.799. The monoisotopic (exact) mass is 502 g/mol. The second kappa shape index (κ2) is 10.5. The van der Waals surface area contributed by atoms with Gasteiger partial charge in [-0.25, -0.2) is 15.0 Å². The molecule has 0 amide bonds. The van der Waals surface area contributed by atoms with Gasteiger partial charge in [0, 0.05) is 29.8 Å². The van der Waals surface area contributed by atoms with Gasteiger partial charge >= 0.3 is 0 Å². The highest BCUT2D eigenvalue weighted by Gasteiger charge is 2.16. The summed E-state index contributed by atoms with van der Waals surface area (Å²) in [6.45, 7) is 1.78. The van der Waals surface area contributed by atoms with Gasteiger partial charge in [-0.15, -0.1) is 0 Å². The van der Waals surface area contributed by atoms with Crippen LogP contribution in [0.25, 0.3) is 27.8 Å². The number of imidazole rings is 1. The fraction of sp³-hybridized carbons (Fsp3) is 0.100. The summed E-state index contributed by atoms with van der Waals surface area (Å²) in [5.41, 5.74) is 11.1.